The molecular weight excluding hydrogens is 518 g/mol. The Bertz CT molecular complexity index is 1330. The molecule has 0 aliphatic carbocycles. The molecule has 0 unspecified atom stereocenters. The van der Waals surface area contributed by atoms with Gasteiger partial charge in [0.1, 0.15) is 24.7 Å². The molecule has 0 spiro atoms. The van der Waals surface area contributed by atoms with Crippen molar-refractivity contribution in [3.63, 3.8) is 0 Å². The first-order valence-electron chi connectivity index (χ1n) is 12.9. The smallest absolute Gasteiger partial charge is 0.335 e. The zero-order valence-corrected chi connectivity index (χ0v) is 22.6. The number of aromatic nitrogens is 4. The lowest BCUT2D eigenvalue weighted by Gasteiger charge is -2.38. The molecule has 0 saturated heterocycles. The molecule has 0 radical (unpaired) electrons. The Labute approximate surface area is 231 Å². The zero-order valence-electron chi connectivity index (χ0n) is 22.6. The number of nitrogens with one attached hydrogen (secondary N) is 1. The SMILES string of the molecule is C[C@H]1CN([C@@H](C)CO)C(=O)c2cc(NC(=O)Cn3cnnn3)ccc2O[C@@H]1CN(C)Cc1ccc(C(=O)O)cc1. The van der Waals surface area contributed by atoms with Crippen molar-refractivity contribution in [2.24, 2.45) is 5.92 Å². The van der Waals surface area contributed by atoms with Crippen molar-refractivity contribution in [3.05, 3.63) is 65.5 Å². The number of ether oxygens (including phenoxy) is 1. The van der Waals surface area contributed by atoms with E-state index in [0.29, 0.717) is 31.1 Å². The van der Waals surface area contributed by atoms with Crippen LogP contribution in [0.15, 0.2) is 48.8 Å². The molecule has 3 aromatic rings. The van der Waals surface area contributed by atoms with Crippen LogP contribution in [0.1, 0.15) is 40.1 Å². The van der Waals surface area contributed by atoms with Crippen molar-refractivity contribution in [1.29, 1.82) is 0 Å². The number of anilines is 1. The van der Waals surface area contributed by atoms with Gasteiger partial charge < -0.3 is 25.2 Å². The second-order valence-electron chi connectivity index (χ2n) is 10.1. The van der Waals surface area contributed by atoms with Crippen LogP contribution in [0.3, 0.4) is 0 Å². The van der Waals surface area contributed by atoms with E-state index in [4.69, 9.17) is 9.84 Å². The summed E-state index contributed by atoms with van der Waals surface area (Å²) in [7, 11) is 1.95. The average molecular weight is 552 g/mol. The summed E-state index contributed by atoms with van der Waals surface area (Å²) in [6.45, 7) is 4.96. The topological polar surface area (TPSA) is 163 Å². The minimum Gasteiger partial charge on any atom is -0.488 e. The van der Waals surface area contributed by atoms with E-state index in [1.54, 1.807) is 54.3 Å². The van der Waals surface area contributed by atoms with Gasteiger partial charge in [0.05, 0.1) is 23.8 Å². The molecule has 1 aliphatic heterocycles. The molecular formula is C27H33N7O6. The van der Waals surface area contributed by atoms with Crippen molar-refractivity contribution >= 4 is 23.5 Å². The van der Waals surface area contributed by atoms with E-state index >= 15 is 0 Å². The quantitative estimate of drug-likeness (QED) is 0.335. The number of carbonyl (C=O) groups excluding carboxylic acids is 2. The van der Waals surface area contributed by atoms with Gasteiger partial charge in [0.25, 0.3) is 5.91 Å². The lowest BCUT2D eigenvalue weighted by molar-refractivity contribution is -0.116. The number of hydrogen-bond donors (Lipinski definition) is 3. The van der Waals surface area contributed by atoms with E-state index in [1.807, 2.05) is 14.0 Å². The highest BCUT2D eigenvalue weighted by molar-refractivity contribution is 5.99. The second-order valence-corrected chi connectivity index (χ2v) is 10.1. The first-order valence-corrected chi connectivity index (χ1v) is 12.9. The first kappa shape index (κ1) is 28.6. The molecule has 40 heavy (non-hydrogen) atoms. The van der Waals surface area contributed by atoms with Gasteiger partial charge >= 0.3 is 5.97 Å². The molecule has 0 bridgehead atoms. The number of aliphatic hydroxyl groups excluding tert-OH is 1. The normalized spacial score (nSPS) is 17.9. The molecule has 1 aliphatic rings. The molecule has 13 heteroatoms. The summed E-state index contributed by atoms with van der Waals surface area (Å²) in [6, 6.07) is 11.2. The predicted molar refractivity (Wildman–Crippen MR) is 144 cm³/mol. The number of hydrogen-bond acceptors (Lipinski definition) is 9. The number of carboxylic acids is 1. The molecule has 212 valence electrons. The molecule has 13 nitrogen and oxygen atoms in total. The number of tetrazole rings is 1. The molecule has 0 saturated carbocycles. The third kappa shape index (κ3) is 6.98. The van der Waals surface area contributed by atoms with Gasteiger partial charge in [-0.15, -0.1) is 5.10 Å². The highest BCUT2D eigenvalue weighted by Gasteiger charge is 2.33. The monoisotopic (exact) mass is 551 g/mol. The van der Waals surface area contributed by atoms with E-state index in [0.717, 1.165) is 5.56 Å². The lowest BCUT2D eigenvalue weighted by atomic mass is 9.99. The zero-order chi connectivity index (χ0) is 28.8. The Morgan fingerprint density at radius 2 is 1.98 bits per heavy atom. The number of carboxylic acid groups (broad SMARTS) is 1. The number of aliphatic hydroxyl groups is 1. The van der Waals surface area contributed by atoms with Crippen LogP contribution >= 0.6 is 0 Å². The molecule has 2 aromatic carbocycles. The van der Waals surface area contributed by atoms with Crippen LogP contribution in [0.4, 0.5) is 5.69 Å². The van der Waals surface area contributed by atoms with Crippen LogP contribution in [-0.4, -0.2) is 96.9 Å². The number of carbonyl (C=O) groups is 3. The highest BCUT2D eigenvalue weighted by atomic mass is 16.5. The Balaban J connectivity index is 1.54. The lowest BCUT2D eigenvalue weighted by Crippen LogP contribution is -2.49. The molecule has 4 rings (SSSR count). The maximum Gasteiger partial charge on any atom is 0.335 e. The minimum absolute atomic E-state index is 0.0707. The molecule has 0 fully saturated rings. The fraction of sp³-hybridized carbons (Fsp3) is 0.407. The fourth-order valence-corrected chi connectivity index (χ4v) is 4.55. The minimum atomic E-state index is -0.971. The number of likely N-dealkylation sites (N-methyl/N-ethyl adjacent to an activating group) is 1. The largest absolute Gasteiger partial charge is 0.488 e. The van der Waals surface area contributed by atoms with Crippen molar-refractivity contribution in [1.82, 2.24) is 30.0 Å². The first-order chi connectivity index (χ1) is 19.1. The molecule has 3 atom stereocenters. The Morgan fingerprint density at radius 1 is 1.23 bits per heavy atom. The van der Waals surface area contributed by atoms with Gasteiger partial charge in [0.15, 0.2) is 0 Å². The van der Waals surface area contributed by atoms with Crippen LogP contribution in [0.25, 0.3) is 0 Å². The highest BCUT2D eigenvalue weighted by Crippen LogP contribution is 2.31. The number of benzene rings is 2. The number of amides is 2. The van der Waals surface area contributed by atoms with E-state index in [-0.39, 0.29) is 48.1 Å². The van der Waals surface area contributed by atoms with E-state index in [9.17, 15) is 19.5 Å². The standard InChI is InChI=1S/C27H33N7O6/c1-17-11-34(18(2)15-35)26(37)22-10-21(29-25(36)14-33-16-28-30-31-33)8-9-23(22)40-24(17)13-32(3)12-19-4-6-20(7-5-19)27(38)39/h4-10,16-18,24,35H,11-15H2,1-3H3,(H,29,36)(H,38,39)/t17-,18-,24+/m0/s1. The van der Waals surface area contributed by atoms with Gasteiger partial charge in [0.2, 0.25) is 5.91 Å². The summed E-state index contributed by atoms with van der Waals surface area (Å²) in [5, 5.41) is 32.5. The average Bonchev–Trinajstić information content (AvgIpc) is 3.43. The van der Waals surface area contributed by atoms with Crippen LogP contribution in [0.5, 0.6) is 5.75 Å². The number of nitrogens with zero attached hydrogens (tertiary/aromatic N) is 6. The molecule has 1 aromatic heterocycles. The van der Waals surface area contributed by atoms with Gasteiger partial charge in [-0.3, -0.25) is 14.5 Å². The van der Waals surface area contributed by atoms with Gasteiger partial charge in [-0.1, -0.05) is 19.1 Å². The summed E-state index contributed by atoms with van der Waals surface area (Å²) in [5.74, 6) is -1.32. The number of rotatable bonds is 10. The van der Waals surface area contributed by atoms with Crippen molar-refractivity contribution < 1.29 is 29.3 Å². The third-order valence-corrected chi connectivity index (χ3v) is 6.79. The van der Waals surface area contributed by atoms with E-state index in [1.165, 1.54) is 11.0 Å². The second kappa shape index (κ2) is 12.7. The van der Waals surface area contributed by atoms with Crippen LogP contribution in [-0.2, 0) is 17.9 Å². The van der Waals surface area contributed by atoms with Crippen LogP contribution < -0.4 is 10.1 Å². The molecule has 3 N–H and O–H groups in total. The van der Waals surface area contributed by atoms with Crippen LogP contribution in [0, 0.1) is 5.92 Å². The van der Waals surface area contributed by atoms with E-state index in [2.05, 4.69) is 25.7 Å². The van der Waals surface area contributed by atoms with E-state index < -0.39 is 12.0 Å². The Morgan fingerprint density at radius 3 is 2.62 bits per heavy atom. The fourth-order valence-electron chi connectivity index (χ4n) is 4.55. The summed E-state index contributed by atoms with van der Waals surface area (Å²) >= 11 is 0. The number of aromatic carboxylic acids is 1. The summed E-state index contributed by atoms with van der Waals surface area (Å²) in [5.41, 5.74) is 1.88. The third-order valence-electron chi connectivity index (χ3n) is 6.79. The Kier molecular flexibility index (Phi) is 9.07. The summed E-state index contributed by atoms with van der Waals surface area (Å²) in [6.07, 6.45) is 1.03. The summed E-state index contributed by atoms with van der Waals surface area (Å²) in [4.78, 5) is 40.9. The summed E-state index contributed by atoms with van der Waals surface area (Å²) < 4.78 is 7.70. The van der Waals surface area contributed by atoms with Gasteiger partial charge in [-0.25, -0.2) is 9.48 Å². The maximum absolute atomic E-state index is 13.6. The Hall–Kier alpha value is -4.36. The van der Waals surface area contributed by atoms with Gasteiger partial charge in [-0.2, -0.15) is 0 Å². The predicted octanol–water partition coefficient (Wildman–Crippen LogP) is 1.36. The maximum atomic E-state index is 13.6. The molecule has 2 amide bonds. The van der Waals surface area contributed by atoms with Gasteiger partial charge in [-0.05, 0) is 60.3 Å². The van der Waals surface area contributed by atoms with Crippen molar-refractivity contribution in [2.45, 2.75) is 39.1 Å². The van der Waals surface area contributed by atoms with Crippen molar-refractivity contribution in [3.8, 4) is 5.75 Å². The van der Waals surface area contributed by atoms with Gasteiger partial charge in [0, 0.05) is 31.2 Å². The van der Waals surface area contributed by atoms with Crippen LogP contribution in [0.2, 0.25) is 0 Å². The number of fused-ring (bicyclic) bond motifs is 1. The molecule has 2 heterocycles. The van der Waals surface area contributed by atoms with Crippen molar-refractivity contribution in [2.75, 3.05) is 32.1 Å².